The summed E-state index contributed by atoms with van der Waals surface area (Å²) in [6.45, 7) is 15.5. The van der Waals surface area contributed by atoms with Crippen molar-refractivity contribution in [1.29, 1.82) is 0 Å². The minimum Gasteiger partial charge on any atom is -0.489 e. The molecule has 3 aromatic carbocycles. The maximum atomic E-state index is 11.7. The van der Waals surface area contributed by atoms with Gasteiger partial charge in [-0.1, -0.05) is 77.1 Å². The van der Waals surface area contributed by atoms with E-state index in [1.807, 2.05) is 51.1 Å². The van der Waals surface area contributed by atoms with E-state index in [9.17, 15) is 4.79 Å². The Hall–Kier alpha value is -3.27. The molecule has 0 aliphatic carbocycles. The first-order chi connectivity index (χ1) is 17.4. The van der Waals surface area contributed by atoms with Crippen molar-refractivity contribution in [1.82, 2.24) is 0 Å². The number of benzene rings is 3. The summed E-state index contributed by atoms with van der Waals surface area (Å²) in [6.07, 6.45) is 1.63. The molecule has 36 heavy (non-hydrogen) atoms. The normalized spacial score (nSPS) is 10.4. The lowest BCUT2D eigenvalue weighted by atomic mass is 9.93. The molecule has 194 valence electrons. The van der Waals surface area contributed by atoms with Gasteiger partial charge in [-0.2, -0.15) is 0 Å². The summed E-state index contributed by atoms with van der Waals surface area (Å²) >= 11 is 0. The molecule has 0 aliphatic rings. The quantitative estimate of drug-likeness (QED) is 0.256. The number of hydrogen-bond donors (Lipinski definition) is 0. The Balaban J connectivity index is 0.00000222. The Morgan fingerprint density at radius 2 is 1.53 bits per heavy atom. The maximum absolute atomic E-state index is 11.7. The van der Waals surface area contributed by atoms with Crippen molar-refractivity contribution in [3.05, 3.63) is 94.0 Å². The molecule has 0 aromatic heterocycles. The van der Waals surface area contributed by atoms with Crippen molar-refractivity contribution in [3.8, 4) is 11.5 Å². The van der Waals surface area contributed by atoms with Gasteiger partial charge >= 0.3 is 5.97 Å². The van der Waals surface area contributed by atoms with E-state index in [1.165, 1.54) is 16.7 Å². The van der Waals surface area contributed by atoms with Gasteiger partial charge in [-0.15, -0.1) is 0 Å². The van der Waals surface area contributed by atoms with Crippen LogP contribution in [0.2, 0.25) is 0 Å². The van der Waals surface area contributed by atoms with Crippen LogP contribution in [-0.4, -0.2) is 19.2 Å². The molecule has 4 nitrogen and oxygen atoms in total. The van der Waals surface area contributed by atoms with Crippen LogP contribution in [-0.2, 0) is 22.6 Å². The molecule has 0 aliphatic heterocycles. The van der Waals surface area contributed by atoms with Crippen LogP contribution in [0.15, 0.2) is 60.7 Å². The average molecular weight is 491 g/mol. The van der Waals surface area contributed by atoms with E-state index >= 15 is 0 Å². The molecule has 0 saturated heterocycles. The second kappa shape index (κ2) is 15.0. The predicted molar refractivity (Wildman–Crippen MR) is 148 cm³/mol. The molecule has 0 radical (unpaired) electrons. The maximum Gasteiger partial charge on any atom is 0.344 e. The molecule has 0 amide bonds. The summed E-state index contributed by atoms with van der Waals surface area (Å²) in [5.74, 6) is 1.66. The summed E-state index contributed by atoms with van der Waals surface area (Å²) in [4.78, 5) is 11.7. The van der Waals surface area contributed by atoms with E-state index in [4.69, 9.17) is 14.2 Å². The number of carbonyl (C=O) groups is 1. The zero-order chi connectivity index (χ0) is 26.5. The summed E-state index contributed by atoms with van der Waals surface area (Å²) in [5, 5.41) is 0. The van der Waals surface area contributed by atoms with Crippen LogP contribution in [0.4, 0.5) is 0 Å². The highest BCUT2D eigenvalue weighted by atomic mass is 16.6. The van der Waals surface area contributed by atoms with E-state index in [0.717, 1.165) is 35.3 Å². The smallest absolute Gasteiger partial charge is 0.344 e. The number of aryl methyl sites for hydroxylation is 2. The van der Waals surface area contributed by atoms with Crippen LogP contribution in [0, 0.1) is 13.8 Å². The molecule has 0 bridgehead atoms. The van der Waals surface area contributed by atoms with Gasteiger partial charge in [-0.25, -0.2) is 4.79 Å². The van der Waals surface area contributed by atoms with Crippen molar-refractivity contribution in [3.63, 3.8) is 0 Å². The Bertz CT molecular complexity index is 1060. The topological polar surface area (TPSA) is 44.8 Å². The fourth-order valence-electron chi connectivity index (χ4n) is 3.95. The van der Waals surface area contributed by atoms with Gasteiger partial charge < -0.3 is 14.2 Å². The molecule has 0 saturated carbocycles. The standard InChI is InChI=1S/C30H36O4.C2H6/c1-6-14-32-30(31)20-33-26-15-22(4)28(23(5)16-26)18-25-12-13-29(27(17-25)21(2)3)34-19-24-10-8-7-9-11-24;1-2/h7-13,15-17,21H,6,14,18-20H2,1-5H3;1-2H3. The zero-order valence-electron chi connectivity index (χ0n) is 23.0. The van der Waals surface area contributed by atoms with Crippen molar-refractivity contribution in [2.45, 2.75) is 73.8 Å². The molecule has 4 heteroatoms. The molecule has 3 rings (SSSR count). The highest BCUT2D eigenvalue weighted by Gasteiger charge is 2.13. The molecule has 0 unspecified atom stereocenters. The van der Waals surface area contributed by atoms with Gasteiger partial charge in [0, 0.05) is 0 Å². The molecule has 0 spiro atoms. The van der Waals surface area contributed by atoms with Crippen LogP contribution in [0.1, 0.15) is 80.3 Å². The minimum atomic E-state index is -0.336. The number of esters is 1. The first-order valence-corrected chi connectivity index (χ1v) is 13.1. The molecule has 0 atom stereocenters. The highest BCUT2D eigenvalue weighted by molar-refractivity contribution is 5.71. The number of carbonyl (C=O) groups excluding carboxylic acids is 1. The van der Waals surface area contributed by atoms with Crippen LogP contribution in [0.3, 0.4) is 0 Å². The van der Waals surface area contributed by atoms with Gasteiger partial charge in [-0.3, -0.25) is 0 Å². The van der Waals surface area contributed by atoms with Crippen LogP contribution >= 0.6 is 0 Å². The highest BCUT2D eigenvalue weighted by Crippen LogP contribution is 2.31. The van der Waals surface area contributed by atoms with E-state index in [-0.39, 0.29) is 12.6 Å². The summed E-state index contributed by atoms with van der Waals surface area (Å²) in [6, 6.07) is 20.7. The monoisotopic (exact) mass is 490 g/mol. The van der Waals surface area contributed by atoms with Crippen LogP contribution in [0.5, 0.6) is 11.5 Å². The lowest BCUT2D eigenvalue weighted by Gasteiger charge is -2.17. The molecule has 0 heterocycles. The minimum absolute atomic E-state index is 0.0690. The molecular weight excluding hydrogens is 448 g/mol. The molecular formula is C32H42O4. The third-order valence-electron chi connectivity index (χ3n) is 5.81. The van der Waals surface area contributed by atoms with E-state index in [2.05, 4.69) is 58.0 Å². The molecule has 3 aromatic rings. The summed E-state index contributed by atoms with van der Waals surface area (Å²) in [7, 11) is 0. The zero-order valence-corrected chi connectivity index (χ0v) is 23.0. The van der Waals surface area contributed by atoms with Crippen molar-refractivity contribution >= 4 is 5.97 Å². The third-order valence-corrected chi connectivity index (χ3v) is 5.81. The van der Waals surface area contributed by atoms with E-state index < -0.39 is 0 Å². The first-order valence-electron chi connectivity index (χ1n) is 13.1. The lowest BCUT2D eigenvalue weighted by molar-refractivity contribution is -0.146. The Morgan fingerprint density at radius 3 is 2.14 bits per heavy atom. The molecule has 0 N–H and O–H groups in total. The van der Waals surface area contributed by atoms with Gasteiger partial charge in [0.2, 0.25) is 0 Å². The number of rotatable bonds is 11. The fraction of sp³-hybridized carbons (Fsp3) is 0.406. The Morgan fingerprint density at radius 1 is 0.861 bits per heavy atom. The van der Waals surface area contributed by atoms with Crippen molar-refractivity contribution in [2.75, 3.05) is 13.2 Å². The number of hydrogen-bond acceptors (Lipinski definition) is 4. The Kier molecular flexibility index (Phi) is 12.0. The van der Waals surface area contributed by atoms with Gasteiger partial charge in [0.25, 0.3) is 0 Å². The van der Waals surface area contributed by atoms with Gasteiger partial charge in [-0.05, 0) is 84.2 Å². The van der Waals surface area contributed by atoms with E-state index in [0.29, 0.717) is 24.9 Å². The SMILES string of the molecule is CC.CCCOC(=O)COc1cc(C)c(Cc2ccc(OCc3ccccc3)c(C(C)C)c2)c(C)c1. The van der Waals surface area contributed by atoms with Crippen LogP contribution < -0.4 is 9.47 Å². The van der Waals surface area contributed by atoms with E-state index in [1.54, 1.807) is 0 Å². The molecule has 0 fully saturated rings. The van der Waals surface area contributed by atoms with Gasteiger partial charge in [0.05, 0.1) is 6.61 Å². The van der Waals surface area contributed by atoms with Crippen molar-refractivity contribution in [2.24, 2.45) is 0 Å². The lowest BCUT2D eigenvalue weighted by Crippen LogP contribution is -2.15. The van der Waals surface area contributed by atoms with Gasteiger partial charge in [0.15, 0.2) is 6.61 Å². The third kappa shape index (κ3) is 8.75. The Labute approximate surface area is 217 Å². The second-order valence-corrected chi connectivity index (χ2v) is 9.02. The largest absolute Gasteiger partial charge is 0.489 e. The fourth-order valence-corrected chi connectivity index (χ4v) is 3.95. The predicted octanol–water partition coefficient (Wildman–Crippen LogP) is 7.95. The number of ether oxygens (including phenoxy) is 3. The average Bonchev–Trinajstić information content (AvgIpc) is 2.89. The first kappa shape index (κ1) is 29.0. The van der Waals surface area contributed by atoms with Crippen molar-refractivity contribution < 1.29 is 19.0 Å². The summed E-state index contributed by atoms with van der Waals surface area (Å²) in [5.41, 5.74) is 7.19. The van der Waals surface area contributed by atoms with Crippen LogP contribution in [0.25, 0.3) is 0 Å². The second-order valence-electron chi connectivity index (χ2n) is 9.02. The van der Waals surface area contributed by atoms with Gasteiger partial charge in [0.1, 0.15) is 18.1 Å². The summed E-state index contributed by atoms with van der Waals surface area (Å²) < 4.78 is 16.9.